The Balaban J connectivity index is 1.81. The van der Waals surface area contributed by atoms with Crippen LogP contribution in [0, 0.1) is 0 Å². The molecule has 0 aromatic heterocycles. The fourth-order valence-corrected chi connectivity index (χ4v) is 3.81. The van der Waals surface area contributed by atoms with Crippen LogP contribution in [0.3, 0.4) is 0 Å². The van der Waals surface area contributed by atoms with E-state index in [0.29, 0.717) is 22.2 Å². The topological polar surface area (TPSA) is 63.4 Å². The summed E-state index contributed by atoms with van der Waals surface area (Å²) >= 11 is 6.01. The highest BCUT2D eigenvalue weighted by molar-refractivity contribution is 6.33. The number of nitrogens with zero attached hydrogens (tertiary/aromatic N) is 1. The molecule has 0 bridgehead atoms. The Morgan fingerprint density at radius 2 is 1.85 bits per heavy atom. The van der Waals surface area contributed by atoms with Gasteiger partial charge in [0.2, 0.25) is 5.91 Å². The molecular weight excluding hydrogens is 348 g/mol. The van der Waals surface area contributed by atoms with Gasteiger partial charge in [0, 0.05) is 18.2 Å². The molecule has 3 rings (SSSR count). The zero-order valence-corrected chi connectivity index (χ0v) is 15.6. The first-order chi connectivity index (χ1) is 12.5. The molecule has 0 aliphatic carbocycles. The molecule has 1 saturated heterocycles. The minimum atomic E-state index is -0.556. The van der Waals surface area contributed by atoms with E-state index in [0.717, 1.165) is 43.4 Å². The average Bonchev–Trinajstić information content (AvgIpc) is 3.10. The Morgan fingerprint density at radius 3 is 2.50 bits per heavy atom. The fraction of sp³-hybridized carbons (Fsp3) is 0.333. The van der Waals surface area contributed by atoms with Crippen LogP contribution >= 0.6 is 11.6 Å². The van der Waals surface area contributed by atoms with Gasteiger partial charge in [-0.15, -0.1) is 0 Å². The largest absolute Gasteiger partial charge is 0.366 e. The lowest BCUT2D eigenvalue weighted by Gasteiger charge is -2.24. The number of primary amides is 1. The smallest absolute Gasteiger partial charge is 0.254 e. The molecule has 1 atom stereocenters. The summed E-state index contributed by atoms with van der Waals surface area (Å²) in [5, 5.41) is 0.337. The summed E-state index contributed by atoms with van der Waals surface area (Å²) in [7, 11) is 0. The SMILES string of the molecule is CCCC1CCCN1C(=O)c1ccc(-c2ccc(Cl)c(C(N)=O)c2)cc1. The molecule has 2 aromatic carbocycles. The summed E-state index contributed by atoms with van der Waals surface area (Å²) in [5.74, 6) is -0.457. The maximum Gasteiger partial charge on any atom is 0.254 e. The molecule has 2 amide bonds. The van der Waals surface area contributed by atoms with E-state index in [4.69, 9.17) is 17.3 Å². The minimum absolute atomic E-state index is 0.0985. The molecule has 4 nitrogen and oxygen atoms in total. The van der Waals surface area contributed by atoms with Crippen molar-refractivity contribution >= 4 is 23.4 Å². The van der Waals surface area contributed by atoms with Crippen LogP contribution < -0.4 is 5.73 Å². The third-order valence-corrected chi connectivity index (χ3v) is 5.29. The molecule has 0 spiro atoms. The number of carbonyl (C=O) groups excluding carboxylic acids is 2. The van der Waals surface area contributed by atoms with E-state index in [1.807, 2.05) is 35.2 Å². The zero-order chi connectivity index (χ0) is 18.7. The average molecular weight is 371 g/mol. The van der Waals surface area contributed by atoms with Crippen LogP contribution in [0.5, 0.6) is 0 Å². The first kappa shape index (κ1) is 18.5. The quantitative estimate of drug-likeness (QED) is 0.841. The number of halogens is 1. The molecule has 1 aliphatic rings. The summed E-state index contributed by atoms with van der Waals surface area (Å²) in [4.78, 5) is 26.3. The second-order valence-corrected chi connectivity index (χ2v) is 7.13. The van der Waals surface area contributed by atoms with Crippen molar-refractivity contribution in [3.05, 3.63) is 58.6 Å². The van der Waals surface area contributed by atoms with E-state index in [2.05, 4.69) is 6.92 Å². The van der Waals surface area contributed by atoms with Crippen molar-refractivity contribution in [3.8, 4) is 11.1 Å². The number of carbonyl (C=O) groups is 2. The maximum atomic E-state index is 12.8. The van der Waals surface area contributed by atoms with E-state index in [1.165, 1.54) is 0 Å². The Hall–Kier alpha value is -2.33. The summed E-state index contributed by atoms with van der Waals surface area (Å²) in [6, 6.07) is 13.0. The molecule has 2 aromatic rings. The minimum Gasteiger partial charge on any atom is -0.366 e. The van der Waals surface area contributed by atoms with E-state index in [-0.39, 0.29) is 5.91 Å². The standard InChI is InChI=1S/C21H23ClN2O2/c1-2-4-17-5-3-12-24(17)21(26)15-8-6-14(7-9-15)16-10-11-19(22)18(13-16)20(23)25/h6-11,13,17H,2-5,12H2,1H3,(H2,23,25). The van der Waals surface area contributed by atoms with Crippen LogP contribution in [-0.4, -0.2) is 29.3 Å². The normalized spacial score (nSPS) is 16.7. The highest BCUT2D eigenvalue weighted by Crippen LogP contribution is 2.27. The molecule has 5 heteroatoms. The number of benzene rings is 2. The van der Waals surface area contributed by atoms with Crippen molar-refractivity contribution in [2.75, 3.05) is 6.54 Å². The van der Waals surface area contributed by atoms with Crippen molar-refractivity contribution < 1.29 is 9.59 Å². The maximum absolute atomic E-state index is 12.8. The Labute approximate surface area is 158 Å². The first-order valence-corrected chi connectivity index (χ1v) is 9.39. The molecule has 1 aliphatic heterocycles. The van der Waals surface area contributed by atoms with Gasteiger partial charge in [-0.1, -0.05) is 43.1 Å². The van der Waals surface area contributed by atoms with Gasteiger partial charge in [-0.2, -0.15) is 0 Å². The van der Waals surface area contributed by atoms with Crippen molar-refractivity contribution in [1.29, 1.82) is 0 Å². The van der Waals surface area contributed by atoms with Gasteiger partial charge in [0.15, 0.2) is 0 Å². The van der Waals surface area contributed by atoms with Gasteiger partial charge < -0.3 is 10.6 Å². The lowest BCUT2D eigenvalue weighted by Crippen LogP contribution is -2.35. The third kappa shape index (κ3) is 3.75. The number of hydrogen-bond acceptors (Lipinski definition) is 2. The predicted octanol–water partition coefficient (Wildman–Crippen LogP) is 4.51. The molecule has 1 unspecified atom stereocenters. The molecule has 136 valence electrons. The van der Waals surface area contributed by atoms with Gasteiger partial charge in [0.05, 0.1) is 10.6 Å². The van der Waals surface area contributed by atoms with Crippen molar-refractivity contribution in [2.24, 2.45) is 5.73 Å². The molecule has 2 N–H and O–H groups in total. The summed E-state index contributed by atoms with van der Waals surface area (Å²) in [6.07, 6.45) is 4.32. The fourth-order valence-electron chi connectivity index (χ4n) is 3.60. The van der Waals surface area contributed by atoms with E-state index in [9.17, 15) is 9.59 Å². The van der Waals surface area contributed by atoms with Crippen LogP contribution in [0.2, 0.25) is 5.02 Å². The molecule has 1 heterocycles. The molecule has 0 saturated carbocycles. The predicted molar refractivity (Wildman–Crippen MR) is 104 cm³/mol. The Morgan fingerprint density at radius 1 is 1.15 bits per heavy atom. The van der Waals surface area contributed by atoms with Gasteiger partial charge in [0.1, 0.15) is 0 Å². The van der Waals surface area contributed by atoms with E-state index >= 15 is 0 Å². The molecule has 0 radical (unpaired) electrons. The van der Waals surface area contributed by atoms with Crippen LogP contribution in [0.4, 0.5) is 0 Å². The van der Waals surface area contributed by atoms with Crippen molar-refractivity contribution in [2.45, 2.75) is 38.6 Å². The molecular formula is C21H23ClN2O2. The highest BCUT2D eigenvalue weighted by Gasteiger charge is 2.28. The number of hydrogen-bond donors (Lipinski definition) is 1. The van der Waals surface area contributed by atoms with Crippen LogP contribution in [0.25, 0.3) is 11.1 Å². The van der Waals surface area contributed by atoms with Gasteiger partial charge >= 0.3 is 0 Å². The second kappa shape index (κ2) is 7.92. The number of rotatable bonds is 5. The van der Waals surface area contributed by atoms with Gasteiger partial charge in [-0.05, 0) is 54.7 Å². The van der Waals surface area contributed by atoms with Crippen molar-refractivity contribution in [3.63, 3.8) is 0 Å². The van der Waals surface area contributed by atoms with Crippen LogP contribution in [0.15, 0.2) is 42.5 Å². The third-order valence-electron chi connectivity index (χ3n) is 4.96. The summed E-state index contributed by atoms with van der Waals surface area (Å²) < 4.78 is 0. The summed E-state index contributed by atoms with van der Waals surface area (Å²) in [6.45, 7) is 2.99. The lowest BCUT2D eigenvalue weighted by atomic mass is 10.0. The number of amides is 2. The van der Waals surface area contributed by atoms with E-state index < -0.39 is 5.91 Å². The van der Waals surface area contributed by atoms with Crippen LogP contribution in [0.1, 0.15) is 53.3 Å². The number of likely N-dealkylation sites (tertiary alicyclic amines) is 1. The molecule has 1 fully saturated rings. The highest BCUT2D eigenvalue weighted by atomic mass is 35.5. The van der Waals surface area contributed by atoms with Crippen molar-refractivity contribution in [1.82, 2.24) is 4.90 Å². The van der Waals surface area contributed by atoms with Gasteiger partial charge in [-0.25, -0.2) is 0 Å². The summed E-state index contributed by atoms with van der Waals surface area (Å²) in [5.41, 5.74) is 8.10. The lowest BCUT2D eigenvalue weighted by molar-refractivity contribution is 0.0730. The number of nitrogens with two attached hydrogens (primary N) is 1. The van der Waals surface area contributed by atoms with E-state index in [1.54, 1.807) is 12.1 Å². The Kier molecular flexibility index (Phi) is 5.62. The monoisotopic (exact) mass is 370 g/mol. The first-order valence-electron chi connectivity index (χ1n) is 9.02. The van der Waals surface area contributed by atoms with Crippen LogP contribution in [-0.2, 0) is 0 Å². The van der Waals surface area contributed by atoms with Gasteiger partial charge in [-0.3, -0.25) is 9.59 Å². The van der Waals surface area contributed by atoms with Gasteiger partial charge in [0.25, 0.3) is 5.91 Å². The Bertz CT molecular complexity index is 817. The second-order valence-electron chi connectivity index (χ2n) is 6.72. The molecule has 26 heavy (non-hydrogen) atoms. The zero-order valence-electron chi connectivity index (χ0n) is 14.9.